The Balaban J connectivity index is 1.51. The third-order valence-electron chi connectivity index (χ3n) is 5.02. The maximum absolute atomic E-state index is 13.1. The molecule has 2 N–H and O–H groups in total. The third-order valence-corrected chi connectivity index (χ3v) is 7.19. The van der Waals surface area contributed by atoms with Crippen molar-refractivity contribution in [1.82, 2.24) is 13.9 Å². The van der Waals surface area contributed by atoms with Crippen LogP contribution in [0.25, 0.3) is 11.0 Å². The summed E-state index contributed by atoms with van der Waals surface area (Å²) in [5.74, 6) is 0.254. The van der Waals surface area contributed by atoms with Crippen molar-refractivity contribution in [2.45, 2.75) is 17.7 Å². The van der Waals surface area contributed by atoms with Gasteiger partial charge in [0.2, 0.25) is 11.9 Å². The van der Waals surface area contributed by atoms with Gasteiger partial charge >= 0.3 is 0 Å². The van der Waals surface area contributed by atoms with E-state index < -0.39 is 10.0 Å². The molecule has 0 spiro atoms. The maximum atomic E-state index is 13.1. The Bertz CT molecular complexity index is 1450. The largest absolute Gasteiger partial charge is 0.326 e. The molecular formula is C21H16ClN5O3S. The summed E-state index contributed by atoms with van der Waals surface area (Å²) in [6, 6.07) is 13.4. The normalized spacial score (nSPS) is 13.6. The van der Waals surface area contributed by atoms with Crippen LogP contribution in [0.2, 0.25) is 5.02 Å². The first-order valence-corrected chi connectivity index (χ1v) is 11.3. The number of hydrogen-bond donors (Lipinski definition) is 2. The number of fused-ring (bicyclic) bond motifs is 2. The lowest BCUT2D eigenvalue weighted by molar-refractivity contribution is -0.116. The number of anilines is 3. The molecule has 4 aromatic rings. The summed E-state index contributed by atoms with van der Waals surface area (Å²) < 4.78 is 27.4. The average molecular weight is 454 g/mol. The molecule has 0 unspecified atom stereocenters. The van der Waals surface area contributed by atoms with Crippen molar-refractivity contribution >= 4 is 55.9 Å². The quantitative estimate of drug-likeness (QED) is 0.484. The summed E-state index contributed by atoms with van der Waals surface area (Å²) in [6.07, 6.45) is 4.08. The molecule has 1 aliphatic rings. The minimum absolute atomic E-state index is 0.000905. The van der Waals surface area contributed by atoms with E-state index in [0.29, 0.717) is 18.2 Å². The number of rotatable bonds is 4. The highest BCUT2D eigenvalue weighted by atomic mass is 35.5. The van der Waals surface area contributed by atoms with Crippen molar-refractivity contribution in [3.63, 3.8) is 0 Å². The molecular weight excluding hydrogens is 438 g/mol. The van der Waals surface area contributed by atoms with E-state index in [4.69, 9.17) is 11.6 Å². The van der Waals surface area contributed by atoms with Gasteiger partial charge in [-0.2, -0.15) is 4.98 Å². The first-order valence-electron chi connectivity index (χ1n) is 9.46. The lowest BCUT2D eigenvalue weighted by atomic mass is 10.0. The number of nitrogens with one attached hydrogen (secondary N) is 2. The fraction of sp³-hybridized carbons (Fsp3) is 0.0952. The van der Waals surface area contributed by atoms with E-state index in [-0.39, 0.29) is 27.4 Å². The van der Waals surface area contributed by atoms with Crippen LogP contribution in [0, 0.1) is 0 Å². The molecule has 2 aromatic carbocycles. The third kappa shape index (κ3) is 3.51. The SMILES string of the molecule is O=C1CCc2cc(Nc3ncc4ccn(S(=O)(=O)c5ccccc5Cl)c4n3)ccc2N1. The predicted octanol–water partition coefficient (Wildman–Crippen LogP) is 3.95. The molecule has 1 aliphatic heterocycles. The molecule has 0 saturated carbocycles. The van der Waals surface area contributed by atoms with E-state index in [1.54, 1.807) is 30.5 Å². The van der Waals surface area contributed by atoms with E-state index in [2.05, 4.69) is 20.6 Å². The number of hydrogen-bond acceptors (Lipinski definition) is 6. The van der Waals surface area contributed by atoms with Crippen LogP contribution in [0.3, 0.4) is 0 Å². The van der Waals surface area contributed by atoms with Gasteiger partial charge in [-0.1, -0.05) is 23.7 Å². The maximum Gasteiger partial charge on any atom is 0.270 e. The van der Waals surface area contributed by atoms with E-state index in [9.17, 15) is 13.2 Å². The van der Waals surface area contributed by atoms with Crippen LogP contribution < -0.4 is 10.6 Å². The van der Waals surface area contributed by atoms with Gasteiger partial charge in [-0.25, -0.2) is 17.4 Å². The summed E-state index contributed by atoms with van der Waals surface area (Å²) in [5, 5.41) is 6.66. The first-order chi connectivity index (χ1) is 14.9. The molecule has 31 heavy (non-hydrogen) atoms. The second-order valence-electron chi connectivity index (χ2n) is 7.06. The summed E-state index contributed by atoms with van der Waals surface area (Å²) >= 11 is 6.12. The van der Waals surface area contributed by atoms with Gasteiger partial charge in [0.05, 0.1) is 5.02 Å². The number of nitrogens with zero attached hydrogens (tertiary/aromatic N) is 3. The van der Waals surface area contributed by atoms with Gasteiger partial charge in [-0.15, -0.1) is 0 Å². The van der Waals surface area contributed by atoms with Gasteiger partial charge in [0, 0.05) is 35.6 Å². The molecule has 3 heterocycles. The van der Waals surface area contributed by atoms with Gasteiger partial charge in [0.1, 0.15) is 4.90 Å². The van der Waals surface area contributed by atoms with Gasteiger partial charge in [0.25, 0.3) is 10.0 Å². The molecule has 0 fully saturated rings. The molecule has 8 nitrogen and oxygen atoms in total. The van der Waals surface area contributed by atoms with E-state index in [0.717, 1.165) is 20.9 Å². The van der Waals surface area contributed by atoms with E-state index >= 15 is 0 Å². The van der Waals surface area contributed by atoms with Crippen LogP contribution in [-0.4, -0.2) is 28.3 Å². The molecule has 2 aromatic heterocycles. The molecule has 10 heteroatoms. The standard InChI is InChI=1S/C21H16ClN5O3S/c22-16-3-1-2-4-18(16)31(29,30)27-10-9-14-12-23-21(26-20(14)27)24-15-6-7-17-13(11-15)5-8-19(28)25-17/h1-4,6-7,9-12H,5,8H2,(H,25,28)(H,23,24,26). The topological polar surface area (TPSA) is 106 Å². The number of aryl methyl sites for hydroxylation is 1. The predicted molar refractivity (Wildman–Crippen MR) is 118 cm³/mol. The second kappa shape index (κ2) is 7.36. The zero-order valence-corrected chi connectivity index (χ0v) is 17.6. The summed E-state index contributed by atoms with van der Waals surface area (Å²) in [6.45, 7) is 0. The number of carbonyl (C=O) groups is 1. The summed E-state index contributed by atoms with van der Waals surface area (Å²) in [7, 11) is -3.93. The van der Waals surface area contributed by atoms with Crippen LogP contribution >= 0.6 is 11.6 Å². The lowest BCUT2D eigenvalue weighted by Crippen LogP contribution is -2.18. The van der Waals surface area contributed by atoms with Gasteiger partial charge in [-0.3, -0.25) is 4.79 Å². The number of halogens is 1. The Labute approximate surface area is 182 Å². The Morgan fingerprint density at radius 1 is 1.10 bits per heavy atom. The van der Waals surface area contributed by atoms with Crippen LogP contribution in [-0.2, 0) is 21.2 Å². The highest BCUT2D eigenvalue weighted by Gasteiger charge is 2.23. The van der Waals surface area contributed by atoms with Crippen molar-refractivity contribution in [1.29, 1.82) is 0 Å². The van der Waals surface area contributed by atoms with Crippen molar-refractivity contribution < 1.29 is 13.2 Å². The molecule has 0 aliphatic carbocycles. The van der Waals surface area contributed by atoms with Gasteiger partial charge in [-0.05, 0) is 48.4 Å². The number of aromatic nitrogens is 3. The van der Waals surface area contributed by atoms with Crippen LogP contribution in [0.5, 0.6) is 0 Å². The molecule has 0 bridgehead atoms. The summed E-state index contributed by atoms with van der Waals surface area (Å²) in [4.78, 5) is 20.2. The molecule has 5 rings (SSSR count). The fourth-order valence-electron chi connectivity index (χ4n) is 3.50. The molecule has 1 amide bonds. The fourth-order valence-corrected chi connectivity index (χ4v) is 5.30. The van der Waals surface area contributed by atoms with Crippen molar-refractivity contribution in [2.75, 3.05) is 10.6 Å². The Morgan fingerprint density at radius 2 is 1.94 bits per heavy atom. The molecule has 156 valence electrons. The van der Waals surface area contributed by atoms with Crippen LogP contribution in [0.1, 0.15) is 12.0 Å². The van der Waals surface area contributed by atoms with Gasteiger partial charge < -0.3 is 10.6 Å². The van der Waals surface area contributed by atoms with Crippen molar-refractivity contribution in [2.24, 2.45) is 0 Å². The summed E-state index contributed by atoms with van der Waals surface area (Å²) in [5.41, 5.74) is 2.78. The van der Waals surface area contributed by atoms with E-state index in [1.165, 1.54) is 18.3 Å². The van der Waals surface area contributed by atoms with Crippen molar-refractivity contribution in [3.05, 3.63) is 71.5 Å². The van der Waals surface area contributed by atoms with Crippen molar-refractivity contribution in [3.8, 4) is 0 Å². The number of carbonyl (C=O) groups excluding carboxylic acids is 1. The lowest BCUT2D eigenvalue weighted by Gasteiger charge is -2.17. The molecule has 0 radical (unpaired) electrons. The minimum Gasteiger partial charge on any atom is -0.326 e. The Hall–Kier alpha value is -3.43. The number of amides is 1. The average Bonchev–Trinajstić information content (AvgIpc) is 3.18. The first kappa shape index (κ1) is 19.5. The minimum atomic E-state index is -3.93. The second-order valence-corrected chi connectivity index (χ2v) is 9.26. The zero-order chi connectivity index (χ0) is 21.6. The molecule has 0 atom stereocenters. The van der Waals surface area contributed by atoms with Gasteiger partial charge in [0.15, 0.2) is 5.65 Å². The zero-order valence-electron chi connectivity index (χ0n) is 16.0. The number of benzene rings is 2. The smallest absolute Gasteiger partial charge is 0.270 e. The van der Waals surface area contributed by atoms with Crippen LogP contribution in [0.15, 0.2) is 65.8 Å². The highest BCUT2D eigenvalue weighted by molar-refractivity contribution is 7.90. The Kier molecular flexibility index (Phi) is 4.64. The Morgan fingerprint density at radius 3 is 2.77 bits per heavy atom. The highest BCUT2D eigenvalue weighted by Crippen LogP contribution is 2.29. The van der Waals surface area contributed by atoms with E-state index in [1.807, 2.05) is 12.1 Å². The monoisotopic (exact) mass is 453 g/mol. The molecule has 0 saturated heterocycles. The van der Waals surface area contributed by atoms with Crippen LogP contribution in [0.4, 0.5) is 17.3 Å².